The van der Waals surface area contributed by atoms with Gasteiger partial charge in [-0.2, -0.15) is 0 Å². The lowest BCUT2D eigenvalue weighted by molar-refractivity contribution is 0.0980. The van der Waals surface area contributed by atoms with Gasteiger partial charge in [0.2, 0.25) is 0 Å². The van der Waals surface area contributed by atoms with Crippen LogP contribution in [0.4, 0.5) is 5.82 Å². The van der Waals surface area contributed by atoms with E-state index in [0.29, 0.717) is 23.8 Å². The maximum absolute atomic E-state index is 12.0. The fourth-order valence-electron chi connectivity index (χ4n) is 1.71. The van der Waals surface area contributed by atoms with Crippen LogP contribution in [0.1, 0.15) is 42.6 Å². The average molecular weight is 235 g/mol. The zero-order chi connectivity index (χ0) is 12.8. The van der Waals surface area contributed by atoms with Gasteiger partial charge in [-0.3, -0.25) is 4.79 Å². The molecule has 0 atom stereocenters. The molecule has 0 aliphatic heterocycles. The van der Waals surface area contributed by atoms with Gasteiger partial charge in [0.25, 0.3) is 0 Å². The molecular formula is C13H21N3O. The minimum absolute atomic E-state index is 0.0821. The molecule has 94 valence electrons. The van der Waals surface area contributed by atoms with Gasteiger partial charge < -0.3 is 11.1 Å². The average Bonchev–Trinajstić information content (AvgIpc) is 2.24. The zero-order valence-electron chi connectivity index (χ0n) is 10.8. The number of carbonyl (C=O) groups excluding carboxylic acids is 1. The maximum Gasteiger partial charge on any atom is 0.166 e. The summed E-state index contributed by atoms with van der Waals surface area (Å²) in [6.45, 7) is 6.91. The monoisotopic (exact) mass is 235 g/mol. The number of nitrogen functional groups attached to an aromatic ring is 1. The van der Waals surface area contributed by atoms with Crippen molar-refractivity contribution in [3.8, 4) is 0 Å². The number of Topliss-reactive ketones (excluding diaryl/α,β-unsaturated/α-hetero) is 1. The number of pyridine rings is 1. The molecule has 4 nitrogen and oxygen atoms in total. The Morgan fingerprint density at radius 1 is 1.53 bits per heavy atom. The molecule has 4 heteroatoms. The fraction of sp³-hybridized carbons (Fsp3) is 0.538. The summed E-state index contributed by atoms with van der Waals surface area (Å²) in [5.41, 5.74) is 7.21. The molecule has 3 N–H and O–H groups in total. The van der Waals surface area contributed by atoms with Gasteiger partial charge in [-0.25, -0.2) is 4.98 Å². The van der Waals surface area contributed by atoms with E-state index in [4.69, 9.17) is 5.73 Å². The van der Waals surface area contributed by atoms with E-state index < -0.39 is 0 Å². The summed E-state index contributed by atoms with van der Waals surface area (Å²) in [5.74, 6) is 0.422. The third-order valence-corrected chi connectivity index (χ3v) is 2.60. The molecule has 1 heterocycles. The van der Waals surface area contributed by atoms with E-state index >= 15 is 0 Å². The van der Waals surface area contributed by atoms with Gasteiger partial charge >= 0.3 is 0 Å². The van der Waals surface area contributed by atoms with E-state index in [9.17, 15) is 4.79 Å². The van der Waals surface area contributed by atoms with Crippen molar-refractivity contribution in [2.24, 2.45) is 0 Å². The Hall–Kier alpha value is -1.42. The van der Waals surface area contributed by atoms with E-state index in [1.807, 2.05) is 13.0 Å². The fourth-order valence-corrected chi connectivity index (χ4v) is 1.71. The van der Waals surface area contributed by atoms with Gasteiger partial charge in [0, 0.05) is 18.7 Å². The number of anilines is 1. The summed E-state index contributed by atoms with van der Waals surface area (Å²) in [6, 6.07) is 2.27. The SMILES string of the molecule is Cc1ccnc(N)c1C(=O)CCCNC(C)C. The van der Waals surface area contributed by atoms with Crippen molar-refractivity contribution in [1.82, 2.24) is 10.3 Å². The van der Waals surface area contributed by atoms with Crippen LogP contribution in [0, 0.1) is 6.92 Å². The van der Waals surface area contributed by atoms with Crippen molar-refractivity contribution in [2.45, 2.75) is 39.7 Å². The molecule has 0 bridgehead atoms. The number of ketones is 1. The molecule has 0 amide bonds. The lowest BCUT2D eigenvalue weighted by Crippen LogP contribution is -2.24. The van der Waals surface area contributed by atoms with Gasteiger partial charge in [0.1, 0.15) is 5.82 Å². The normalized spacial score (nSPS) is 10.8. The molecule has 1 aromatic rings. The quantitative estimate of drug-likeness (QED) is 0.584. The molecule has 1 rings (SSSR count). The van der Waals surface area contributed by atoms with Crippen LogP contribution >= 0.6 is 0 Å². The van der Waals surface area contributed by atoms with E-state index in [-0.39, 0.29) is 5.78 Å². The van der Waals surface area contributed by atoms with Crippen LogP contribution in [0.3, 0.4) is 0 Å². The number of nitrogens with one attached hydrogen (secondary N) is 1. The highest BCUT2D eigenvalue weighted by atomic mass is 16.1. The molecule has 0 fully saturated rings. The van der Waals surface area contributed by atoms with Gasteiger partial charge in [-0.15, -0.1) is 0 Å². The molecule has 0 spiro atoms. The van der Waals surface area contributed by atoms with Crippen molar-refractivity contribution in [3.63, 3.8) is 0 Å². The van der Waals surface area contributed by atoms with Crippen LogP contribution in [0.25, 0.3) is 0 Å². The number of nitrogens with zero attached hydrogens (tertiary/aromatic N) is 1. The summed E-state index contributed by atoms with van der Waals surface area (Å²) in [6.07, 6.45) is 2.96. The highest BCUT2D eigenvalue weighted by Gasteiger charge is 2.12. The third-order valence-electron chi connectivity index (χ3n) is 2.60. The molecule has 1 aromatic heterocycles. The number of aromatic nitrogens is 1. The van der Waals surface area contributed by atoms with E-state index in [0.717, 1.165) is 18.5 Å². The Kier molecular flexibility index (Phi) is 5.10. The van der Waals surface area contributed by atoms with E-state index in [1.165, 1.54) is 0 Å². The first-order valence-corrected chi connectivity index (χ1v) is 6.00. The van der Waals surface area contributed by atoms with Gasteiger partial charge in [-0.1, -0.05) is 13.8 Å². The van der Waals surface area contributed by atoms with Crippen molar-refractivity contribution >= 4 is 11.6 Å². The van der Waals surface area contributed by atoms with Crippen LogP contribution in [-0.2, 0) is 0 Å². The Morgan fingerprint density at radius 2 is 2.24 bits per heavy atom. The molecule has 0 aliphatic rings. The summed E-state index contributed by atoms with van der Waals surface area (Å²) in [7, 11) is 0. The lowest BCUT2D eigenvalue weighted by Gasteiger charge is -2.09. The Labute approximate surface area is 103 Å². The summed E-state index contributed by atoms with van der Waals surface area (Å²) in [5, 5.41) is 3.28. The second kappa shape index (κ2) is 6.35. The molecule has 0 saturated carbocycles. The first kappa shape index (κ1) is 13.6. The molecule has 0 aromatic carbocycles. The first-order chi connectivity index (χ1) is 8.02. The van der Waals surface area contributed by atoms with Crippen molar-refractivity contribution < 1.29 is 4.79 Å². The minimum Gasteiger partial charge on any atom is -0.383 e. The molecule has 0 saturated heterocycles. The number of nitrogens with two attached hydrogens (primary N) is 1. The highest BCUT2D eigenvalue weighted by Crippen LogP contribution is 2.16. The number of rotatable bonds is 6. The number of aryl methyl sites for hydroxylation is 1. The molecular weight excluding hydrogens is 214 g/mol. The van der Waals surface area contributed by atoms with Crippen molar-refractivity contribution in [2.75, 3.05) is 12.3 Å². The van der Waals surface area contributed by atoms with Crippen molar-refractivity contribution in [3.05, 3.63) is 23.4 Å². The standard InChI is InChI=1S/C13H21N3O/c1-9(2)15-7-4-5-11(17)12-10(3)6-8-16-13(12)14/h6,8-9,15H,4-5,7H2,1-3H3,(H2,14,16). The second-order valence-electron chi connectivity index (χ2n) is 4.52. The smallest absolute Gasteiger partial charge is 0.166 e. The molecule has 0 radical (unpaired) electrons. The minimum atomic E-state index is 0.0821. The van der Waals surface area contributed by atoms with Crippen LogP contribution in [0.5, 0.6) is 0 Å². The summed E-state index contributed by atoms with van der Waals surface area (Å²) in [4.78, 5) is 15.9. The van der Waals surface area contributed by atoms with Crippen molar-refractivity contribution in [1.29, 1.82) is 0 Å². The lowest BCUT2D eigenvalue weighted by atomic mass is 10.0. The predicted octanol–water partition coefficient (Wildman–Crippen LogP) is 1.93. The summed E-state index contributed by atoms with van der Waals surface area (Å²) < 4.78 is 0. The first-order valence-electron chi connectivity index (χ1n) is 6.00. The molecule has 0 aliphatic carbocycles. The van der Waals surface area contributed by atoms with Gasteiger partial charge in [0.15, 0.2) is 5.78 Å². The van der Waals surface area contributed by atoms with E-state index in [2.05, 4.69) is 24.1 Å². The van der Waals surface area contributed by atoms with Gasteiger partial charge in [-0.05, 0) is 31.5 Å². The van der Waals surface area contributed by atoms with Crippen LogP contribution in [0.2, 0.25) is 0 Å². The second-order valence-corrected chi connectivity index (χ2v) is 4.52. The van der Waals surface area contributed by atoms with Crippen LogP contribution in [0.15, 0.2) is 12.3 Å². The zero-order valence-corrected chi connectivity index (χ0v) is 10.8. The number of hydrogen-bond acceptors (Lipinski definition) is 4. The summed E-state index contributed by atoms with van der Waals surface area (Å²) >= 11 is 0. The molecule has 17 heavy (non-hydrogen) atoms. The topological polar surface area (TPSA) is 68.0 Å². The Morgan fingerprint density at radius 3 is 2.82 bits per heavy atom. The number of hydrogen-bond donors (Lipinski definition) is 2. The largest absolute Gasteiger partial charge is 0.383 e. The Balaban J connectivity index is 2.53. The highest BCUT2D eigenvalue weighted by molar-refractivity contribution is 6.01. The predicted molar refractivity (Wildman–Crippen MR) is 70.1 cm³/mol. The van der Waals surface area contributed by atoms with Gasteiger partial charge in [0.05, 0.1) is 5.56 Å². The van der Waals surface area contributed by atoms with E-state index in [1.54, 1.807) is 6.20 Å². The van der Waals surface area contributed by atoms with Crippen LogP contribution in [-0.4, -0.2) is 23.4 Å². The third kappa shape index (κ3) is 4.15. The Bertz CT molecular complexity index is 368. The van der Waals surface area contributed by atoms with Crippen LogP contribution < -0.4 is 11.1 Å². The molecule has 0 unspecified atom stereocenters. The number of carbonyl (C=O) groups is 1. The maximum atomic E-state index is 12.0.